The molecule has 9 atom stereocenters. The molecule has 0 aliphatic carbocycles. The Kier molecular flexibility index (Phi) is 9.38. The molecule has 7 unspecified atom stereocenters. The third kappa shape index (κ3) is 5.49. The maximum Gasteiger partial charge on any atom is 0.186 e. The van der Waals surface area contributed by atoms with Crippen molar-refractivity contribution in [2.45, 2.75) is 69.0 Å². The Balaban J connectivity index is 2.90. The first-order valence-corrected chi connectivity index (χ1v) is 8.41. The van der Waals surface area contributed by atoms with Gasteiger partial charge in [-0.3, -0.25) is 0 Å². The van der Waals surface area contributed by atoms with Gasteiger partial charge in [-0.05, 0) is 13.8 Å². The zero-order chi connectivity index (χ0) is 18.4. The molecule has 0 aromatic heterocycles. The molecule has 0 radical (unpaired) electrons. The Morgan fingerprint density at radius 3 is 2.25 bits per heavy atom. The highest BCUT2D eigenvalue weighted by molar-refractivity contribution is 7.80. The molecule has 1 heterocycles. The molecule has 1 saturated heterocycles. The number of hydrogen-bond donors (Lipinski definition) is 7. The van der Waals surface area contributed by atoms with E-state index in [9.17, 15) is 25.5 Å². The molecular weight excluding hydrogens is 344 g/mol. The van der Waals surface area contributed by atoms with Crippen molar-refractivity contribution in [3.05, 3.63) is 0 Å². The second-order valence-electron chi connectivity index (χ2n) is 5.86. The Morgan fingerprint density at radius 2 is 1.79 bits per heavy atom. The standard InChI is InChI=1S/C14H28O9S/c1-6(17)10(5-24)22-14(8(18)3-15)23-13-9(4-16)21-7(2)11(19)12(13)20/h6-20,24H,3-5H2,1-2H3/t6-,7?,8+,9?,10?,11?,12?,13?,14?/m1/s1. The summed E-state index contributed by atoms with van der Waals surface area (Å²) in [5.41, 5.74) is 0. The fraction of sp³-hybridized carbons (Fsp3) is 1.00. The predicted octanol–water partition coefficient (Wildman–Crippen LogP) is -2.75. The van der Waals surface area contributed by atoms with E-state index < -0.39 is 68.3 Å². The van der Waals surface area contributed by atoms with Gasteiger partial charge in [0.1, 0.15) is 30.5 Å². The Morgan fingerprint density at radius 1 is 1.17 bits per heavy atom. The Bertz CT molecular complexity index is 357. The Labute approximate surface area is 146 Å². The van der Waals surface area contributed by atoms with Crippen LogP contribution in [0, 0.1) is 0 Å². The van der Waals surface area contributed by atoms with Crippen LogP contribution in [-0.4, -0.2) is 105 Å². The van der Waals surface area contributed by atoms with Gasteiger partial charge in [0.15, 0.2) is 6.29 Å². The summed E-state index contributed by atoms with van der Waals surface area (Å²) in [6, 6.07) is 0. The van der Waals surface area contributed by atoms with E-state index in [4.69, 9.17) is 19.3 Å². The monoisotopic (exact) mass is 372 g/mol. The maximum atomic E-state index is 10.2. The summed E-state index contributed by atoms with van der Waals surface area (Å²) >= 11 is 4.03. The molecule has 0 aromatic carbocycles. The van der Waals surface area contributed by atoms with Crippen molar-refractivity contribution in [3.8, 4) is 0 Å². The van der Waals surface area contributed by atoms with Gasteiger partial charge in [0.25, 0.3) is 0 Å². The van der Waals surface area contributed by atoms with Crippen molar-refractivity contribution >= 4 is 12.6 Å². The summed E-state index contributed by atoms with van der Waals surface area (Å²) in [4.78, 5) is 0. The highest BCUT2D eigenvalue weighted by Crippen LogP contribution is 2.25. The number of ether oxygens (including phenoxy) is 3. The van der Waals surface area contributed by atoms with Crippen molar-refractivity contribution in [2.75, 3.05) is 19.0 Å². The molecule has 0 saturated carbocycles. The van der Waals surface area contributed by atoms with Crippen LogP contribution in [0.25, 0.3) is 0 Å². The number of aliphatic hydroxyl groups excluding tert-OH is 6. The van der Waals surface area contributed by atoms with Crippen LogP contribution in [0.3, 0.4) is 0 Å². The average molecular weight is 372 g/mol. The van der Waals surface area contributed by atoms with Crippen LogP contribution in [0.5, 0.6) is 0 Å². The minimum Gasteiger partial charge on any atom is -0.394 e. The lowest BCUT2D eigenvalue weighted by atomic mass is 9.95. The molecule has 10 heteroatoms. The van der Waals surface area contributed by atoms with Crippen molar-refractivity contribution in [1.29, 1.82) is 0 Å². The third-order valence-corrected chi connectivity index (χ3v) is 4.28. The molecule has 1 aliphatic heterocycles. The van der Waals surface area contributed by atoms with Gasteiger partial charge < -0.3 is 44.8 Å². The quantitative estimate of drug-likeness (QED) is 0.169. The highest BCUT2D eigenvalue weighted by Gasteiger charge is 2.45. The fourth-order valence-electron chi connectivity index (χ4n) is 2.38. The molecule has 9 nitrogen and oxygen atoms in total. The lowest BCUT2D eigenvalue weighted by Gasteiger charge is -2.43. The van der Waals surface area contributed by atoms with Crippen molar-refractivity contribution in [1.82, 2.24) is 0 Å². The maximum absolute atomic E-state index is 10.2. The van der Waals surface area contributed by atoms with Crippen molar-refractivity contribution in [3.63, 3.8) is 0 Å². The fourth-order valence-corrected chi connectivity index (χ4v) is 2.77. The first kappa shape index (κ1) is 22.0. The largest absolute Gasteiger partial charge is 0.394 e. The summed E-state index contributed by atoms with van der Waals surface area (Å²) in [6.45, 7) is 1.81. The van der Waals surface area contributed by atoms with E-state index in [0.717, 1.165) is 0 Å². The van der Waals surface area contributed by atoms with Gasteiger partial charge in [-0.2, -0.15) is 12.6 Å². The molecule has 1 fully saturated rings. The minimum atomic E-state index is -1.48. The first-order chi connectivity index (χ1) is 11.3. The van der Waals surface area contributed by atoms with Gasteiger partial charge in [0.2, 0.25) is 0 Å². The van der Waals surface area contributed by atoms with Gasteiger partial charge in [-0.1, -0.05) is 0 Å². The van der Waals surface area contributed by atoms with Crippen molar-refractivity contribution in [2.24, 2.45) is 0 Å². The summed E-state index contributed by atoms with van der Waals surface area (Å²) < 4.78 is 16.3. The number of hydrogen-bond acceptors (Lipinski definition) is 10. The van der Waals surface area contributed by atoms with Gasteiger partial charge in [-0.15, -0.1) is 0 Å². The van der Waals surface area contributed by atoms with E-state index in [2.05, 4.69) is 12.6 Å². The van der Waals surface area contributed by atoms with Gasteiger partial charge >= 0.3 is 0 Å². The average Bonchev–Trinajstić information content (AvgIpc) is 2.56. The number of rotatable bonds is 9. The molecular formula is C14H28O9S. The second-order valence-corrected chi connectivity index (χ2v) is 6.23. The van der Waals surface area contributed by atoms with Crippen LogP contribution in [-0.2, 0) is 14.2 Å². The van der Waals surface area contributed by atoms with Gasteiger partial charge in [0.05, 0.1) is 31.5 Å². The van der Waals surface area contributed by atoms with Crippen molar-refractivity contribution < 1.29 is 44.8 Å². The van der Waals surface area contributed by atoms with E-state index in [-0.39, 0.29) is 5.75 Å². The topological polar surface area (TPSA) is 149 Å². The zero-order valence-corrected chi connectivity index (χ0v) is 14.6. The van der Waals surface area contributed by atoms with Crippen LogP contribution in [0.2, 0.25) is 0 Å². The summed E-state index contributed by atoms with van der Waals surface area (Å²) in [5.74, 6) is 0.114. The molecule has 0 bridgehead atoms. The van der Waals surface area contributed by atoms with E-state index in [0.29, 0.717) is 0 Å². The smallest absolute Gasteiger partial charge is 0.186 e. The van der Waals surface area contributed by atoms with E-state index in [1.807, 2.05) is 0 Å². The van der Waals surface area contributed by atoms with Crippen LogP contribution >= 0.6 is 12.6 Å². The lowest BCUT2D eigenvalue weighted by Crippen LogP contribution is -2.60. The molecule has 1 aliphatic rings. The minimum absolute atomic E-state index is 0.114. The third-order valence-electron chi connectivity index (χ3n) is 3.92. The predicted molar refractivity (Wildman–Crippen MR) is 85.6 cm³/mol. The summed E-state index contributed by atoms with van der Waals surface area (Å²) in [7, 11) is 0. The van der Waals surface area contributed by atoms with Crippen LogP contribution < -0.4 is 0 Å². The molecule has 1 rings (SSSR count). The molecule has 24 heavy (non-hydrogen) atoms. The van der Waals surface area contributed by atoms with E-state index >= 15 is 0 Å². The van der Waals surface area contributed by atoms with Gasteiger partial charge in [0, 0.05) is 5.75 Å². The highest BCUT2D eigenvalue weighted by atomic mass is 32.1. The van der Waals surface area contributed by atoms with Crippen LogP contribution in [0.1, 0.15) is 13.8 Å². The second kappa shape index (κ2) is 10.2. The normalized spacial score (nSPS) is 36.1. The summed E-state index contributed by atoms with van der Waals surface area (Å²) in [6.07, 6.45) is -10.2. The number of aliphatic hydroxyl groups is 6. The number of thiol groups is 1. The molecule has 144 valence electrons. The summed E-state index contributed by atoms with van der Waals surface area (Å²) in [5, 5.41) is 58.2. The SMILES string of the molecule is CC1OC(CO)C(OC(OC(CS)[C@@H](C)O)[C@@H](O)CO)C(O)C1O. The van der Waals surface area contributed by atoms with E-state index in [1.54, 1.807) is 0 Å². The molecule has 0 aromatic rings. The van der Waals surface area contributed by atoms with Crippen LogP contribution in [0.15, 0.2) is 0 Å². The van der Waals surface area contributed by atoms with E-state index in [1.165, 1.54) is 13.8 Å². The molecule has 6 N–H and O–H groups in total. The van der Waals surface area contributed by atoms with Gasteiger partial charge in [-0.25, -0.2) is 0 Å². The lowest BCUT2D eigenvalue weighted by molar-refractivity contribution is -0.306. The first-order valence-electron chi connectivity index (χ1n) is 7.78. The zero-order valence-electron chi connectivity index (χ0n) is 13.7. The molecule has 0 amide bonds. The van der Waals surface area contributed by atoms with Crippen LogP contribution in [0.4, 0.5) is 0 Å². The molecule has 0 spiro atoms. The Hall–Kier alpha value is -0.0100.